The molecule has 4 nitrogen and oxygen atoms in total. The Bertz CT molecular complexity index is 664. The Hall–Kier alpha value is -1.98. The lowest BCUT2D eigenvalue weighted by Crippen LogP contribution is -2.38. The van der Waals surface area contributed by atoms with Gasteiger partial charge >= 0.3 is 0 Å². The van der Waals surface area contributed by atoms with Crippen molar-refractivity contribution in [3.63, 3.8) is 0 Å². The van der Waals surface area contributed by atoms with Crippen molar-refractivity contribution < 1.29 is 9.47 Å². The second kappa shape index (κ2) is 9.35. The highest BCUT2D eigenvalue weighted by molar-refractivity contribution is 7.80. The van der Waals surface area contributed by atoms with Gasteiger partial charge in [0, 0.05) is 13.6 Å². The van der Waals surface area contributed by atoms with E-state index in [1.807, 2.05) is 60.5 Å². The lowest BCUT2D eigenvalue weighted by molar-refractivity contribution is 0.283. The molecule has 1 N–H and O–H groups in total. The van der Waals surface area contributed by atoms with Gasteiger partial charge in [-0.15, -0.1) is 0 Å². The highest BCUT2D eigenvalue weighted by atomic mass is 35.5. The first-order chi connectivity index (χ1) is 11.6. The summed E-state index contributed by atoms with van der Waals surface area (Å²) in [5.41, 5.74) is 1.14. The first kappa shape index (κ1) is 18.4. The van der Waals surface area contributed by atoms with Crippen LogP contribution in [-0.2, 0) is 6.54 Å². The smallest absolute Gasteiger partial charge is 0.169 e. The van der Waals surface area contributed by atoms with E-state index in [2.05, 4.69) is 5.32 Å². The van der Waals surface area contributed by atoms with Crippen LogP contribution in [0.3, 0.4) is 0 Å². The molecule has 2 aromatic carbocycles. The van der Waals surface area contributed by atoms with Crippen LogP contribution in [-0.4, -0.2) is 37.3 Å². The standard InChI is InChI=1S/C18H21ClN2O2S/c1-21(11-12-23-17-6-4-3-5-16(17)19)18(24)20-13-14-7-9-15(22-2)10-8-14/h3-10H,11-13H2,1-2H3,(H,20,24). The van der Waals surface area contributed by atoms with Crippen LogP contribution in [0.5, 0.6) is 11.5 Å². The highest BCUT2D eigenvalue weighted by Gasteiger charge is 2.05. The lowest BCUT2D eigenvalue weighted by Gasteiger charge is -2.21. The molecule has 128 valence electrons. The minimum Gasteiger partial charge on any atom is -0.497 e. The summed E-state index contributed by atoms with van der Waals surface area (Å²) in [4.78, 5) is 1.94. The van der Waals surface area contributed by atoms with Gasteiger partial charge in [-0.1, -0.05) is 35.9 Å². The van der Waals surface area contributed by atoms with Crippen LogP contribution in [0.1, 0.15) is 5.56 Å². The summed E-state index contributed by atoms with van der Waals surface area (Å²) in [7, 11) is 3.58. The van der Waals surface area contributed by atoms with Gasteiger partial charge in [0.05, 0.1) is 18.7 Å². The second-order valence-corrected chi connectivity index (χ2v) is 6.00. The molecule has 0 bridgehead atoms. The van der Waals surface area contributed by atoms with Gasteiger partial charge in [0.2, 0.25) is 0 Å². The van der Waals surface area contributed by atoms with Crippen molar-refractivity contribution in [1.82, 2.24) is 10.2 Å². The minimum absolute atomic E-state index is 0.505. The monoisotopic (exact) mass is 364 g/mol. The molecule has 0 radical (unpaired) electrons. The Labute approximate surface area is 153 Å². The van der Waals surface area contributed by atoms with Gasteiger partial charge in [-0.25, -0.2) is 0 Å². The Morgan fingerprint density at radius 3 is 2.54 bits per heavy atom. The van der Waals surface area contributed by atoms with E-state index >= 15 is 0 Å². The normalized spacial score (nSPS) is 10.1. The molecule has 0 aromatic heterocycles. The van der Waals surface area contributed by atoms with E-state index in [0.29, 0.717) is 35.6 Å². The number of rotatable bonds is 7. The number of nitrogens with zero attached hydrogens (tertiary/aromatic N) is 1. The van der Waals surface area contributed by atoms with Crippen molar-refractivity contribution >= 4 is 28.9 Å². The molecule has 0 aliphatic heterocycles. The number of para-hydroxylation sites is 1. The van der Waals surface area contributed by atoms with E-state index in [-0.39, 0.29) is 0 Å². The van der Waals surface area contributed by atoms with Gasteiger partial charge in [0.1, 0.15) is 18.1 Å². The fourth-order valence-electron chi connectivity index (χ4n) is 2.01. The third-order valence-electron chi connectivity index (χ3n) is 3.47. The van der Waals surface area contributed by atoms with Crippen LogP contribution in [0.25, 0.3) is 0 Å². The van der Waals surface area contributed by atoms with Gasteiger partial charge in [0.25, 0.3) is 0 Å². The summed E-state index contributed by atoms with van der Waals surface area (Å²) >= 11 is 11.4. The van der Waals surface area contributed by atoms with Crippen LogP contribution in [0.2, 0.25) is 5.02 Å². The molecule has 0 aliphatic carbocycles. The summed E-state index contributed by atoms with van der Waals surface area (Å²) in [6.07, 6.45) is 0. The van der Waals surface area contributed by atoms with E-state index in [1.165, 1.54) is 0 Å². The topological polar surface area (TPSA) is 33.7 Å². The van der Waals surface area contributed by atoms with Crippen molar-refractivity contribution in [2.45, 2.75) is 6.54 Å². The maximum Gasteiger partial charge on any atom is 0.169 e. The first-order valence-electron chi connectivity index (χ1n) is 7.59. The Balaban J connectivity index is 1.72. The lowest BCUT2D eigenvalue weighted by atomic mass is 10.2. The zero-order chi connectivity index (χ0) is 17.4. The average Bonchev–Trinajstić information content (AvgIpc) is 2.61. The molecule has 0 amide bonds. The van der Waals surface area contributed by atoms with Crippen molar-refractivity contribution in [2.75, 3.05) is 27.3 Å². The Kier molecular flexibility index (Phi) is 7.15. The van der Waals surface area contributed by atoms with Crippen LogP contribution in [0, 0.1) is 0 Å². The van der Waals surface area contributed by atoms with Crippen LogP contribution < -0.4 is 14.8 Å². The number of thiocarbonyl (C=S) groups is 1. The Morgan fingerprint density at radius 2 is 1.88 bits per heavy atom. The molecule has 2 rings (SSSR count). The van der Waals surface area contributed by atoms with Crippen LogP contribution >= 0.6 is 23.8 Å². The molecule has 0 fully saturated rings. The number of likely N-dealkylation sites (N-methyl/N-ethyl adjacent to an activating group) is 1. The number of nitrogens with one attached hydrogen (secondary N) is 1. The minimum atomic E-state index is 0.505. The summed E-state index contributed by atoms with van der Waals surface area (Å²) in [6, 6.07) is 15.3. The quantitative estimate of drug-likeness (QED) is 0.757. The maximum atomic E-state index is 6.06. The zero-order valence-corrected chi connectivity index (χ0v) is 15.4. The SMILES string of the molecule is COc1ccc(CNC(=S)N(C)CCOc2ccccc2Cl)cc1. The molecule has 0 saturated carbocycles. The summed E-state index contributed by atoms with van der Waals surface area (Å²) < 4.78 is 10.8. The number of benzene rings is 2. The zero-order valence-electron chi connectivity index (χ0n) is 13.8. The second-order valence-electron chi connectivity index (χ2n) is 5.21. The predicted molar refractivity (Wildman–Crippen MR) is 102 cm³/mol. The number of methoxy groups -OCH3 is 1. The third-order valence-corrected chi connectivity index (χ3v) is 4.24. The fourth-order valence-corrected chi connectivity index (χ4v) is 2.37. The van der Waals surface area contributed by atoms with Gasteiger partial charge in [-0.2, -0.15) is 0 Å². The molecule has 6 heteroatoms. The summed E-state index contributed by atoms with van der Waals surface area (Å²) in [5.74, 6) is 1.53. The largest absolute Gasteiger partial charge is 0.497 e. The van der Waals surface area contributed by atoms with Crippen molar-refractivity contribution in [2.24, 2.45) is 0 Å². The van der Waals surface area contributed by atoms with E-state index in [0.717, 1.165) is 11.3 Å². The number of hydrogen-bond acceptors (Lipinski definition) is 3. The molecule has 2 aromatic rings. The fraction of sp³-hybridized carbons (Fsp3) is 0.278. The Morgan fingerprint density at radius 1 is 1.17 bits per heavy atom. The van der Waals surface area contributed by atoms with Crippen molar-refractivity contribution in [3.05, 3.63) is 59.1 Å². The number of hydrogen-bond donors (Lipinski definition) is 1. The molecular weight excluding hydrogens is 344 g/mol. The summed E-state index contributed by atoms with van der Waals surface area (Å²) in [5, 5.41) is 4.52. The number of halogens is 1. The molecule has 24 heavy (non-hydrogen) atoms. The van der Waals surface area contributed by atoms with Gasteiger partial charge in [-0.3, -0.25) is 0 Å². The van der Waals surface area contributed by atoms with E-state index in [1.54, 1.807) is 7.11 Å². The van der Waals surface area contributed by atoms with Gasteiger partial charge in [-0.05, 0) is 42.0 Å². The average molecular weight is 365 g/mol. The molecule has 0 spiro atoms. The highest BCUT2D eigenvalue weighted by Crippen LogP contribution is 2.22. The van der Waals surface area contributed by atoms with E-state index in [9.17, 15) is 0 Å². The molecule has 0 atom stereocenters. The van der Waals surface area contributed by atoms with Crippen LogP contribution in [0.4, 0.5) is 0 Å². The predicted octanol–water partition coefficient (Wildman–Crippen LogP) is 3.73. The molecule has 0 heterocycles. The van der Waals surface area contributed by atoms with Crippen molar-refractivity contribution in [1.29, 1.82) is 0 Å². The first-order valence-corrected chi connectivity index (χ1v) is 8.38. The third kappa shape index (κ3) is 5.58. The molecule has 0 saturated heterocycles. The summed E-state index contributed by atoms with van der Waals surface area (Å²) in [6.45, 7) is 1.84. The van der Waals surface area contributed by atoms with E-state index < -0.39 is 0 Å². The number of ether oxygens (including phenoxy) is 2. The maximum absolute atomic E-state index is 6.06. The van der Waals surface area contributed by atoms with Gasteiger partial charge in [0.15, 0.2) is 5.11 Å². The van der Waals surface area contributed by atoms with Crippen molar-refractivity contribution in [3.8, 4) is 11.5 Å². The van der Waals surface area contributed by atoms with E-state index in [4.69, 9.17) is 33.3 Å². The molecule has 0 unspecified atom stereocenters. The van der Waals surface area contributed by atoms with Gasteiger partial charge < -0.3 is 19.7 Å². The molecule has 0 aliphatic rings. The molecular formula is C18H21ClN2O2S. The van der Waals surface area contributed by atoms with Crippen LogP contribution in [0.15, 0.2) is 48.5 Å².